The molecule has 0 unspecified atom stereocenters. The van der Waals surface area contributed by atoms with E-state index in [0.717, 1.165) is 71.3 Å². The fraction of sp³-hybridized carbons (Fsp3) is 0.889. The minimum Gasteiger partial charge on any atom is -0.383 e. The van der Waals surface area contributed by atoms with Crippen molar-refractivity contribution >= 4 is 11.8 Å². The van der Waals surface area contributed by atoms with Crippen LogP contribution in [-0.2, 0) is 14.3 Å². The summed E-state index contributed by atoms with van der Waals surface area (Å²) in [6.07, 6.45) is 6.62. The Morgan fingerprint density at radius 2 is 1.83 bits per heavy atom. The molecule has 1 atom stereocenters. The molecule has 2 aliphatic rings. The largest absolute Gasteiger partial charge is 0.383 e. The maximum absolute atomic E-state index is 12.6. The Labute approximate surface area is 145 Å². The molecule has 0 radical (unpaired) electrons. The van der Waals surface area contributed by atoms with Crippen molar-refractivity contribution in [1.82, 2.24) is 15.5 Å². The third-order valence-electron chi connectivity index (χ3n) is 5.40. The molecule has 2 fully saturated rings. The first-order chi connectivity index (χ1) is 11.6. The fourth-order valence-corrected chi connectivity index (χ4v) is 3.90. The zero-order valence-electron chi connectivity index (χ0n) is 15.2. The minimum absolute atomic E-state index is 0.00101. The number of carbonyl (C=O) groups excluding carboxylic acids is 2. The zero-order valence-corrected chi connectivity index (χ0v) is 15.2. The zero-order chi connectivity index (χ0) is 17.4. The lowest BCUT2D eigenvalue weighted by molar-refractivity contribution is -0.129. The predicted molar refractivity (Wildman–Crippen MR) is 93.6 cm³/mol. The van der Waals surface area contributed by atoms with Crippen LogP contribution in [0.25, 0.3) is 0 Å². The maximum Gasteiger partial charge on any atom is 0.242 e. The van der Waals surface area contributed by atoms with Gasteiger partial charge >= 0.3 is 0 Å². The van der Waals surface area contributed by atoms with E-state index in [0.29, 0.717) is 11.8 Å². The number of nitrogens with zero attached hydrogens (tertiary/aromatic N) is 1. The van der Waals surface area contributed by atoms with E-state index >= 15 is 0 Å². The van der Waals surface area contributed by atoms with Gasteiger partial charge in [-0.25, -0.2) is 0 Å². The summed E-state index contributed by atoms with van der Waals surface area (Å²) in [5.74, 6) is 0.714. The Morgan fingerprint density at radius 3 is 2.42 bits per heavy atom. The molecule has 6 nitrogen and oxygen atoms in total. The van der Waals surface area contributed by atoms with Gasteiger partial charge in [0.25, 0.3) is 0 Å². The summed E-state index contributed by atoms with van der Waals surface area (Å²) in [7, 11) is 1.73. The van der Waals surface area contributed by atoms with E-state index in [9.17, 15) is 9.59 Å². The van der Waals surface area contributed by atoms with Crippen LogP contribution in [0.3, 0.4) is 0 Å². The highest BCUT2D eigenvalue weighted by molar-refractivity contribution is 5.87. The number of amides is 2. The highest BCUT2D eigenvalue weighted by atomic mass is 16.5. The van der Waals surface area contributed by atoms with Crippen molar-refractivity contribution in [2.45, 2.75) is 51.5 Å². The van der Waals surface area contributed by atoms with Gasteiger partial charge in [-0.15, -0.1) is 0 Å². The quantitative estimate of drug-likeness (QED) is 0.696. The number of likely N-dealkylation sites (tertiary alicyclic amines) is 1. The monoisotopic (exact) mass is 339 g/mol. The standard InChI is InChI=1S/C18H33N3O3/c1-14(22)20-17(16-5-3-4-6-16)18(23)19-13-15-7-9-21(10-8-15)11-12-24-2/h15-17H,3-13H2,1-2H3,(H,19,23)(H,20,22)/t17-/m1/s1. The van der Waals surface area contributed by atoms with Gasteiger partial charge < -0.3 is 20.3 Å². The molecule has 1 aliphatic heterocycles. The van der Waals surface area contributed by atoms with Crippen LogP contribution in [0.4, 0.5) is 0 Å². The fourth-order valence-electron chi connectivity index (χ4n) is 3.90. The molecule has 1 saturated carbocycles. The second-order valence-corrected chi connectivity index (χ2v) is 7.25. The molecule has 1 aliphatic carbocycles. The SMILES string of the molecule is COCCN1CCC(CNC(=O)[C@H](NC(C)=O)C2CCCC2)CC1. The lowest BCUT2D eigenvalue weighted by Gasteiger charge is -2.32. The van der Waals surface area contributed by atoms with Gasteiger partial charge in [0.05, 0.1) is 6.61 Å². The normalized spacial score (nSPS) is 21.6. The van der Waals surface area contributed by atoms with E-state index in [1.54, 1.807) is 7.11 Å². The molecule has 0 aromatic rings. The van der Waals surface area contributed by atoms with Crippen LogP contribution in [0.1, 0.15) is 45.4 Å². The van der Waals surface area contributed by atoms with E-state index in [4.69, 9.17) is 4.74 Å². The number of methoxy groups -OCH3 is 1. The van der Waals surface area contributed by atoms with Crippen LogP contribution in [0, 0.1) is 11.8 Å². The molecular weight excluding hydrogens is 306 g/mol. The summed E-state index contributed by atoms with van der Waals surface area (Å²) in [4.78, 5) is 26.4. The van der Waals surface area contributed by atoms with Gasteiger partial charge in [-0.1, -0.05) is 12.8 Å². The van der Waals surface area contributed by atoms with Crippen molar-refractivity contribution in [3.8, 4) is 0 Å². The smallest absolute Gasteiger partial charge is 0.242 e. The third-order valence-corrected chi connectivity index (χ3v) is 5.40. The first-order valence-corrected chi connectivity index (χ1v) is 9.36. The number of hydrogen-bond donors (Lipinski definition) is 2. The minimum atomic E-state index is -0.355. The molecule has 1 saturated heterocycles. The van der Waals surface area contributed by atoms with E-state index in [1.165, 1.54) is 6.92 Å². The number of ether oxygens (including phenoxy) is 1. The highest BCUT2D eigenvalue weighted by Crippen LogP contribution is 2.28. The molecule has 2 rings (SSSR count). The molecule has 6 heteroatoms. The number of nitrogens with one attached hydrogen (secondary N) is 2. The van der Waals surface area contributed by atoms with Gasteiger partial charge in [0.1, 0.15) is 6.04 Å². The second-order valence-electron chi connectivity index (χ2n) is 7.25. The van der Waals surface area contributed by atoms with Gasteiger partial charge in [0.2, 0.25) is 11.8 Å². The average Bonchev–Trinajstić information content (AvgIpc) is 3.10. The van der Waals surface area contributed by atoms with E-state index < -0.39 is 0 Å². The van der Waals surface area contributed by atoms with Crippen molar-refractivity contribution < 1.29 is 14.3 Å². The molecule has 2 N–H and O–H groups in total. The van der Waals surface area contributed by atoms with Crippen LogP contribution in [0.15, 0.2) is 0 Å². The second kappa shape index (κ2) is 9.99. The molecule has 0 aromatic heterocycles. The Morgan fingerprint density at radius 1 is 1.17 bits per heavy atom. The maximum atomic E-state index is 12.6. The lowest BCUT2D eigenvalue weighted by Crippen LogP contribution is -2.51. The molecule has 0 aromatic carbocycles. The molecule has 0 bridgehead atoms. The van der Waals surface area contributed by atoms with Gasteiger partial charge in [-0.05, 0) is 50.6 Å². The van der Waals surface area contributed by atoms with Crippen molar-refractivity contribution in [1.29, 1.82) is 0 Å². The lowest BCUT2D eigenvalue weighted by atomic mass is 9.95. The first kappa shape index (κ1) is 19.2. The number of hydrogen-bond acceptors (Lipinski definition) is 4. The van der Waals surface area contributed by atoms with Crippen LogP contribution < -0.4 is 10.6 Å². The summed E-state index contributed by atoms with van der Waals surface area (Å²) in [6, 6.07) is -0.355. The summed E-state index contributed by atoms with van der Waals surface area (Å²) in [5.41, 5.74) is 0. The Bertz CT molecular complexity index is 402. The molecular formula is C18H33N3O3. The van der Waals surface area contributed by atoms with Gasteiger partial charge in [-0.3, -0.25) is 9.59 Å². The highest BCUT2D eigenvalue weighted by Gasteiger charge is 2.31. The van der Waals surface area contributed by atoms with Crippen LogP contribution in [0.2, 0.25) is 0 Å². The predicted octanol–water partition coefficient (Wildman–Crippen LogP) is 1.16. The number of rotatable bonds is 8. The molecule has 138 valence electrons. The van der Waals surface area contributed by atoms with E-state index in [1.807, 2.05) is 0 Å². The Kier molecular flexibility index (Phi) is 7.99. The average molecular weight is 339 g/mol. The first-order valence-electron chi connectivity index (χ1n) is 9.36. The number of piperidine rings is 1. The van der Waals surface area contributed by atoms with Gasteiger partial charge in [-0.2, -0.15) is 0 Å². The number of carbonyl (C=O) groups is 2. The van der Waals surface area contributed by atoms with Crippen LogP contribution in [-0.4, -0.2) is 62.7 Å². The molecule has 2 amide bonds. The summed E-state index contributed by atoms with van der Waals surface area (Å²) in [5, 5.41) is 5.96. The summed E-state index contributed by atoms with van der Waals surface area (Å²) >= 11 is 0. The van der Waals surface area contributed by atoms with Crippen LogP contribution >= 0.6 is 0 Å². The molecule has 24 heavy (non-hydrogen) atoms. The van der Waals surface area contributed by atoms with E-state index in [-0.39, 0.29) is 17.9 Å². The van der Waals surface area contributed by atoms with Crippen LogP contribution in [0.5, 0.6) is 0 Å². The Balaban J connectivity index is 1.73. The molecule has 0 spiro atoms. The Hall–Kier alpha value is -1.14. The third kappa shape index (κ3) is 6.06. The van der Waals surface area contributed by atoms with E-state index in [2.05, 4.69) is 15.5 Å². The topological polar surface area (TPSA) is 70.7 Å². The van der Waals surface area contributed by atoms with Crippen molar-refractivity contribution in [3.05, 3.63) is 0 Å². The van der Waals surface area contributed by atoms with Gasteiger partial charge in [0.15, 0.2) is 0 Å². The van der Waals surface area contributed by atoms with Gasteiger partial charge in [0, 0.05) is 27.1 Å². The van der Waals surface area contributed by atoms with Crippen molar-refractivity contribution in [3.63, 3.8) is 0 Å². The molecule has 1 heterocycles. The van der Waals surface area contributed by atoms with Crippen molar-refractivity contribution in [2.24, 2.45) is 11.8 Å². The summed E-state index contributed by atoms with van der Waals surface area (Å²) < 4.78 is 5.12. The van der Waals surface area contributed by atoms with Crippen molar-refractivity contribution in [2.75, 3.05) is 39.9 Å². The summed E-state index contributed by atoms with van der Waals surface area (Å²) in [6.45, 7) is 6.12.